The summed E-state index contributed by atoms with van der Waals surface area (Å²) in [7, 11) is 0. The molecule has 0 bridgehead atoms. The molecule has 1 saturated carbocycles. The minimum Gasteiger partial charge on any atom is -0.378 e. The molecule has 0 saturated heterocycles. The first-order valence-corrected chi connectivity index (χ1v) is 6.35. The van der Waals surface area contributed by atoms with E-state index in [2.05, 4.69) is 4.99 Å². The molecule has 102 valence electrons. The van der Waals surface area contributed by atoms with Gasteiger partial charge in [-0.05, 0) is 30.5 Å². The van der Waals surface area contributed by atoms with Crippen LogP contribution in [0.2, 0.25) is 10.0 Å². The maximum atomic E-state index is 13.0. The molecule has 1 aromatic rings. The Morgan fingerprint density at radius 1 is 1.32 bits per heavy atom. The van der Waals surface area contributed by atoms with Gasteiger partial charge in [0.2, 0.25) is 0 Å². The molecule has 2 unspecified atom stereocenters. The van der Waals surface area contributed by atoms with E-state index in [0.717, 1.165) is 0 Å². The predicted octanol–water partition coefficient (Wildman–Crippen LogP) is 2.23. The number of alkyl halides is 3. The molecule has 7 heteroatoms. The van der Waals surface area contributed by atoms with Gasteiger partial charge in [0, 0.05) is 5.22 Å². The van der Waals surface area contributed by atoms with Crippen LogP contribution in [0.25, 0.3) is 5.57 Å². The number of halogens is 5. The summed E-state index contributed by atoms with van der Waals surface area (Å²) in [6, 6.07) is 1.70. The van der Waals surface area contributed by atoms with Crippen molar-refractivity contribution >= 4 is 28.8 Å². The Morgan fingerprint density at radius 2 is 2.00 bits per heavy atom. The zero-order chi connectivity index (χ0) is 14.0. The number of hydrogen-bond acceptors (Lipinski definition) is 2. The van der Waals surface area contributed by atoms with E-state index in [1.165, 1.54) is 12.1 Å². The Morgan fingerprint density at radius 3 is 2.63 bits per heavy atom. The van der Waals surface area contributed by atoms with Crippen molar-refractivity contribution in [2.45, 2.75) is 30.7 Å². The first-order valence-electron chi connectivity index (χ1n) is 5.60. The summed E-state index contributed by atoms with van der Waals surface area (Å²) in [6.45, 7) is 0. The molecule has 0 amide bonds. The van der Waals surface area contributed by atoms with Gasteiger partial charge in [-0.15, -0.1) is 0 Å². The van der Waals surface area contributed by atoms with Crippen LogP contribution in [0, 0.1) is 0 Å². The first-order chi connectivity index (χ1) is 8.75. The molecule has 1 aromatic carbocycles. The van der Waals surface area contributed by atoms with Crippen molar-refractivity contribution in [3.05, 3.63) is 32.8 Å². The Kier molecular flexibility index (Phi) is 2.69. The van der Waals surface area contributed by atoms with Crippen LogP contribution in [0.4, 0.5) is 13.2 Å². The summed E-state index contributed by atoms with van der Waals surface area (Å²) in [5.41, 5.74) is -2.39. The van der Waals surface area contributed by atoms with E-state index in [1.807, 2.05) is 0 Å². The molecule has 19 heavy (non-hydrogen) atoms. The fourth-order valence-electron chi connectivity index (χ4n) is 2.72. The van der Waals surface area contributed by atoms with Crippen LogP contribution in [0.15, 0.2) is 17.1 Å². The standard InChI is InChI=1S/C12H8Cl2F3NO/c13-6-1-2-7-8(9(6)14)5-3-4-11(19,10(5)18-7)12(15,16)17/h1-2,10,19H,3-4H2. The normalized spacial score (nSPS) is 29.2. The van der Waals surface area contributed by atoms with Crippen molar-refractivity contribution in [3.8, 4) is 0 Å². The van der Waals surface area contributed by atoms with E-state index in [4.69, 9.17) is 23.2 Å². The summed E-state index contributed by atoms with van der Waals surface area (Å²) >= 11 is 11.9. The highest BCUT2D eigenvalue weighted by Crippen LogP contribution is 2.48. The van der Waals surface area contributed by atoms with Crippen molar-refractivity contribution in [1.82, 2.24) is 0 Å². The Labute approximate surface area is 116 Å². The van der Waals surface area contributed by atoms with E-state index < -0.39 is 24.2 Å². The average molecular weight is 310 g/mol. The molecule has 2 nitrogen and oxygen atoms in total. The Bertz CT molecular complexity index is 685. The molecule has 1 fully saturated rings. The van der Waals surface area contributed by atoms with Crippen LogP contribution < -0.4 is 10.6 Å². The van der Waals surface area contributed by atoms with Gasteiger partial charge in [0.05, 0.1) is 15.4 Å². The van der Waals surface area contributed by atoms with E-state index in [-0.39, 0.29) is 16.5 Å². The number of hydrogen-bond donors (Lipinski definition) is 1. The van der Waals surface area contributed by atoms with Crippen LogP contribution in [0.3, 0.4) is 0 Å². The molecule has 1 heterocycles. The molecule has 0 radical (unpaired) electrons. The van der Waals surface area contributed by atoms with Crippen LogP contribution in [-0.2, 0) is 0 Å². The van der Waals surface area contributed by atoms with E-state index in [9.17, 15) is 18.3 Å². The molecule has 0 aromatic heterocycles. The monoisotopic (exact) mass is 309 g/mol. The molecule has 1 N–H and O–H groups in total. The van der Waals surface area contributed by atoms with Crippen LogP contribution in [0.1, 0.15) is 12.8 Å². The third-order valence-electron chi connectivity index (χ3n) is 3.71. The van der Waals surface area contributed by atoms with E-state index in [1.54, 1.807) is 0 Å². The number of rotatable bonds is 0. The van der Waals surface area contributed by atoms with Gasteiger partial charge in [-0.25, -0.2) is 0 Å². The second kappa shape index (κ2) is 3.87. The van der Waals surface area contributed by atoms with Gasteiger partial charge in [-0.3, -0.25) is 4.99 Å². The van der Waals surface area contributed by atoms with Gasteiger partial charge in [0.15, 0.2) is 5.60 Å². The largest absolute Gasteiger partial charge is 0.419 e. The zero-order valence-electron chi connectivity index (χ0n) is 9.43. The summed E-state index contributed by atoms with van der Waals surface area (Å²) in [5.74, 6) is 0. The number of nitrogens with zero attached hydrogens (tertiary/aromatic N) is 1. The van der Waals surface area contributed by atoms with Crippen molar-refractivity contribution in [2.75, 3.05) is 0 Å². The van der Waals surface area contributed by atoms with Crippen molar-refractivity contribution < 1.29 is 18.3 Å². The minimum atomic E-state index is -4.72. The fourth-order valence-corrected chi connectivity index (χ4v) is 3.16. The summed E-state index contributed by atoms with van der Waals surface area (Å²) in [4.78, 5) is 3.99. The number of benzene rings is 1. The quantitative estimate of drug-likeness (QED) is 0.783. The predicted molar refractivity (Wildman–Crippen MR) is 64.7 cm³/mol. The molecule has 1 aliphatic carbocycles. The lowest BCUT2D eigenvalue weighted by Crippen LogP contribution is -2.50. The lowest BCUT2D eigenvalue weighted by Gasteiger charge is -2.29. The molecule has 3 rings (SSSR count). The minimum absolute atomic E-state index is 0.108. The number of aliphatic hydroxyl groups is 1. The second-order valence-electron chi connectivity index (χ2n) is 4.73. The lowest BCUT2D eigenvalue weighted by molar-refractivity contribution is -0.259. The van der Waals surface area contributed by atoms with Crippen molar-refractivity contribution in [1.29, 1.82) is 0 Å². The van der Waals surface area contributed by atoms with Gasteiger partial charge in [-0.2, -0.15) is 13.2 Å². The SMILES string of the molecule is OC1(C(F)(F)F)CCC2=c3c(Cl)c(Cl)ccc3=NC21. The third kappa shape index (κ3) is 1.65. The van der Waals surface area contributed by atoms with E-state index >= 15 is 0 Å². The second-order valence-corrected chi connectivity index (χ2v) is 5.52. The van der Waals surface area contributed by atoms with Gasteiger partial charge in [0.25, 0.3) is 0 Å². The van der Waals surface area contributed by atoms with Crippen LogP contribution in [0.5, 0.6) is 0 Å². The molecule has 1 aliphatic heterocycles. The molecule has 2 aliphatic rings. The zero-order valence-corrected chi connectivity index (χ0v) is 10.9. The van der Waals surface area contributed by atoms with Crippen LogP contribution >= 0.6 is 23.2 Å². The van der Waals surface area contributed by atoms with Gasteiger partial charge in [0.1, 0.15) is 6.04 Å². The molecule has 2 atom stereocenters. The van der Waals surface area contributed by atoms with Crippen molar-refractivity contribution in [2.24, 2.45) is 4.99 Å². The highest BCUT2D eigenvalue weighted by atomic mass is 35.5. The van der Waals surface area contributed by atoms with Crippen molar-refractivity contribution in [3.63, 3.8) is 0 Å². The third-order valence-corrected chi connectivity index (χ3v) is 4.52. The van der Waals surface area contributed by atoms with Gasteiger partial charge < -0.3 is 5.11 Å². The van der Waals surface area contributed by atoms with Gasteiger partial charge >= 0.3 is 6.18 Å². The van der Waals surface area contributed by atoms with Gasteiger partial charge in [-0.1, -0.05) is 23.2 Å². The Hall–Kier alpha value is -0.780. The topological polar surface area (TPSA) is 32.6 Å². The smallest absolute Gasteiger partial charge is 0.378 e. The highest BCUT2D eigenvalue weighted by Gasteiger charge is 2.63. The molecular formula is C12H8Cl2F3NO. The fraction of sp³-hybridized carbons (Fsp3) is 0.417. The molecule has 0 spiro atoms. The molecular weight excluding hydrogens is 302 g/mol. The Balaban J connectivity index is 2.27. The number of fused-ring (bicyclic) bond motifs is 2. The lowest BCUT2D eigenvalue weighted by atomic mass is 9.96. The summed E-state index contributed by atoms with van der Waals surface area (Å²) in [5, 5.41) is 11.2. The average Bonchev–Trinajstić information content (AvgIpc) is 2.82. The first kappa shape index (κ1) is 13.2. The summed E-state index contributed by atoms with van der Waals surface area (Å²) < 4.78 is 39.0. The summed E-state index contributed by atoms with van der Waals surface area (Å²) in [6.07, 6.45) is -5.01. The maximum Gasteiger partial charge on any atom is 0.419 e. The maximum absolute atomic E-state index is 13.0. The highest BCUT2D eigenvalue weighted by molar-refractivity contribution is 6.42. The van der Waals surface area contributed by atoms with E-state index in [0.29, 0.717) is 16.1 Å². The van der Waals surface area contributed by atoms with Crippen LogP contribution in [-0.4, -0.2) is 22.9 Å².